The molecule has 0 saturated carbocycles. The Morgan fingerprint density at radius 3 is 2.58 bits per heavy atom. The Labute approximate surface area is 143 Å². The lowest BCUT2D eigenvalue weighted by Crippen LogP contribution is -2.39. The molecule has 0 saturated heterocycles. The van der Waals surface area contributed by atoms with Crippen LogP contribution in [0.15, 0.2) is 36.4 Å². The van der Waals surface area contributed by atoms with Crippen LogP contribution in [0, 0.1) is 17.5 Å². The zero-order chi connectivity index (χ0) is 17.9. The van der Waals surface area contributed by atoms with E-state index in [2.05, 4.69) is 5.32 Å². The third-order valence-electron chi connectivity index (χ3n) is 3.65. The molecule has 2 aromatic carbocycles. The molecule has 128 valence electrons. The van der Waals surface area contributed by atoms with Crippen molar-refractivity contribution in [2.45, 2.75) is 19.5 Å². The van der Waals surface area contributed by atoms with Crippen LogP contribution in [0.4, 0.5) is 18.9 Å². The van der Waals surface area contributed by atoms with Gasteiger partial charge in [-0.25, -0.2) is 13.2 Å². The predicted octanol–water partition coefficient (Wildman–Crippen LogP) is 4.22. The zero-order valence-corrected chi connectivity index (χ0v) is 13.9. The smallest absolute Gasteiger partial charge is 0.241 e. The average Bonchev–Trinajstić information content (AvgIpc) is 2.54. The second-order valence-corrected chi connectivity index (χ2v) is 5.87. The maximum Gasteiger partial charge on any atom is 0.241 e. The van der Waals surface area contributed by atoms with E-state index in [1.807, 2.05) is 6.07 Å². The number of hydrogen-bond donors (Lipinski definition) is 1. The van der Waals surface area contributed by atoms with E-state index in [9.17, 15) is 18.0 Å². The van der Waals surface area contributed by atoms with Gasteiger partial charge in [0.25, 0.3) is 0 Å². The number of likely N-dealkylation sites (N-methyl/N-ethyl adjacent to an activating group) is 1. The van der Waals surface area contributed by atoms with Gasteiger partial charge in [0.1, 0.15) is 0 Å². The molecule has 0 aromatic heterocycles. The summed E-state index contributed by atoms with van der Waals surface area (Å²) in [5.74, 6) is -4.89. The first-order chi connectivity index (χ1) is 11.3. The number of rotatable bonds is 5. The number of hydrogen-bond acceptors (Lipinski definition) is 2. The summed E-state index contributed by atoms with van der Waals surface area (Å²) in [7, 11) is 1.72. The Morgan fingerprint density at radius 1 is 1.21 bits per heavy atom. The number of halogens is 4. The fourth-order valence-electron chi connectivity index (χ4n) is 2.12. The van der Waals surface area contributed by atoms with Gasteiger partial charge in [-0.05, 0) is 43.8 Å². The van der Waals surface area contributed by atoms with Crippen molar-refractivity contribution in [1.82, 2.24) is 4.90 Å². The molecule has 0 fully saturated rings. The van der Waals surface area contributed by atoms with E-state index in [4.69, 9.17) is 11.6 Å². The Hall–Kier alpha value is -2.05. The number of benzene rings is 2. The van der Waals surface area contributed by atoms with Gasteiger partial charge in [0.15, 0.2) is 17.5 Å². The van der Waals surface area contributed by atoms with E-state index >= 15 is 0 Å². The van der Waals surface area contributed by atoms with Crippen LogP contribution in [-0.4, -0.2) is 23.9 Å². The van der Waals surface area contributed by atoms with E-state index < -0.39 is 35.1 Å². The number of carbonyl (C=O) groups is 1. The van der Waals surface area contributed by atoms with Crippen LogP contribution in [0.2, 0.25) is 5.02 Å². The van der Waals surface area contributed by atoms with Crippen molar-refractivity contribution in [1.29, 1.82) is 0 Å². The maximum absolute atomic E-state index is 13.6. The van der Waals surface area contributed by atoms with E-state index in [0.29, 0.717) is 11.6 Å². The lowest BCUT2D eigenvalue weighted by molar-refractivity contribution is -0.120. The Kier molecular flexibility index (Phi) is 5.85. The second-order valence-electron chi connectivity index (χ2n) is 5.43. The molecular formula is C17H16ClF3N2O. The summed E-state index contributed by atoms with van der Waals surface area (Å²) in [6.07, 6.45) is 0. The maximum atomic E-state index is 13.6. The summed E-state index contributed by atoms with van der Waals surface area (Å²) >= 11 is 5.92. The number of nitrogens with zero attached hydrogens (tertiary/aromatic N) is 1. The summed E-state index contributed by atoms with van der Waals surface area (Å²) in [4.78, 5) is 13.9. The van der Waals surface area contributed by atoms with E-state index in [1.165, 1.54) is 0 Å². The second kappa shape index (κ2) is 7.68. The third-order valence-corrected chi connectivity index (χ3v) is 3.89. The van der Waals surface area contributed by atoms with Gasteiger partial charge in [-0.2, -0.15) is 0 Å². The van der Waals surface area contributed by atoms with Gasteiger partial charge in [-0.15, -0.1) is 0 Å². The van der Waals surface area contributed by atoms with Crippen molar-refractivity contribution < 1.29 is 18.0 Å². The topological polar surface area (TPSA) is 32.3 Å². The number of anilines is 1. The molecule has 0 spiro atoms. The van der Waals surface area contributed by atoms with E-state index in [1.54, 1.807) is 37.1 Å². The molecule has 0 aliphatic rings. The zero-order valence-electron chi connectivity index (χ0n) is 13.1. The summed E-state index contributed by atoms with van der Waals surface area (Å²) < 4.78 is 39.7. The van der Waals surface area contributed by atoms with Crippen molar-refractivity contribution in [3.05, 3.63) is 64.4 Å². The van der Waals surface area contributed by atoms with Crippen LogP contribution >= 0.6 is 11.6 Å². The minimum atomic E-state index is -1.62. The quantitative estimate of drug-likeness (QED) is 0.814. The van der Waals surface area contributed by atoms with Gasteiger partial charge in [0, 0.05) is 11.6 Å². The highest BCUT2D eigenvalue weighted by Crippen LogP contribution is 2.20. The van der Waals surface area contributed by atoms with Gasteiger partial charge in [-0.1, -0.05) is 23.7 Å². The monoisotopic (exact) mass is 356 g/mol. The van der Waals surface area contributed by atoms with Crippen LogP contribution in [0.5, 0.6) is 0 Å². The Bertz CT molecular complexity index is 755. The summed E-state index contributed by atoms with van der Waals surface area (Å²) in [6.45, 7) is 2.06. The molecule has 2 rings (SSSR count). The molecule has 0 bridgehead atoms. The van der Waals surface area contributed by atoms with Gasteiger partial charge >= 0.3 is 0 Å². The van der Waals surface area contributed by atoms with Crippen molar-refractivity contribution >= 4 is 23.2 Å². The van der Waals surface area contributed by atoms with Gasteiger partial charge in [0.05, 0.1) is 11.7 Å². The van der Waals surface area contributed by atoms with Crippen LogP contribution in [-0.2, 0) is 11.3 Å². The average molecular weight is 357 g/mol. The lowest BCUT2D eigenvalue weighted by atomic mass is 10.2. The SMILES string of the molecule is C[C@H](C(=O)Nc1ccc(F)c(F)c1F)N(C)Cc1cccc(Cl)c1. The molecule has 1 N–H and O–H groups in total. The summed E-state index contributed by atoms with van der Waals surface area (Å²) in [5, 5.41) is 2.85. The first kappa shape index (κ1) is 18.3. The molecule has 0 radical (unpaired) electrons. The van der Waals surface area contributed by atoms with Crippen LogP contribution in [0.25, 0.3) is 0 Å². The van der Waals surface area contributed by atoms with Crippen LogP contribution in [0.3, 0.4) is 0 Å². The normalized spacial score (nSPS) is 12.3. The first-order valence-electron chi connectivity index (χ1n) is 7.18. The van der Waals surface area contributed by atoms with Gasteiger partial charge in [-0.3, -0.25) is 9.69 Å². The highest BCUT2D eigenvalue weighted by Gasteiger charge is 2.21. The molecule has 3 nitrogen and oxygen atoms in total. The molecule has 0 aliphatic carbocycles. The molecule has 0 aliphatic heterocycles. The molecule has 1 amide bonds. The molecule has 0 unspecified atom stereocenters. The van der Waals surface area contributed by atoms with E-state index in [-0.39, 0.29) is 0 Å². The van der Waals surface area contributed by atoms with Gasteiger partial charge in [0.2, 0.25) is 5.91 Å². The molecular weight excluding hydrogens is 341 g/mol. The Morgan fingerprint density at radius 2 is 1.92 bits per heavy atom. The minimum absolute atomic E-state index is 0.401. The largest absolute Gasteiger partial charge is 0.322 e. The van der Waals surface area contributed by atoms with Crippen molar-refractivity contribution in [2.75, 3.05) is 12.4 Å². The standard InChI is InChI=1S/C17H16ClF3N2O/c1-10(23(2)9-11-4-3-5-12(18)8-11)17(24)22-14-7-6-13(19)15(20)16(14)21/h3-8,10H,9H2,1-2H3,(H,22,24)/t10-/m1/s1. The predicted molar refractivity (Wildman–Crippen MR) is 87.3 cm³/mol. The number of nitrogens with one attached hydrogen (secondary N) is 1. The molecule has 1 atom stereocenters. The van der Waals surface area contributed by atoms with Crippen molar-refractivity contribution in [2.24, 2.45) is 0 Å². The summed E-state index contributed by atoms with van der Waals surface area (Å²) in [5.41, 5.74) is 0.505. The molecule has 24 heavy (non-hydrogen) atoms. The van der Waals surface area contributed by atoms with Crippen LogP contribution in [0.1, 0.15) is 12.5 Å². The highest BCUT2D eigenvalue weighted by atomic mass is 35.5. The minimum Gasteiger partial charge on any atom is -0.322 e. The fraction of sp³-hybridized carbons (Fsp3) is 0.235. The fourth-order valence-corrected chi connectivity index (χ4v) is 2.33. The van der Waals surface area contributed by atoms with Crippen molar-refractivity contribution in [3.63, 3.8) is 0 Å². The van der Waals surface area contributed by atoms with Crippen molar-refractivity contribution in [3.8, 4) is 0 Å². The van der Waals surface area contributed by atoms with E-state index in [0.717, 1.165) is 17.7 Å². The lowest BCUT2D eigenvalue weighted by Gasteiger charge is -2.24. The third kappa shape index (κ3) is 4.27. The number of carbonyl (C=O) groups excluding carboxylic acids is 1. The highest BCUT2D eigenvalue weighted by molar-refractivity contribution is 6.30. The first-order valence-corrected chi connectivity index (χ1v) is 7.56. The Balaban J connectivity index is 2.05. The molecule has 7 heteroatoms. The van der Waals surface area contributed by atoms with Crippen LogP contribution < -0.4 is 5.32 Å². The molecule has 0 heterocycles. The number of amides is 1. The van der Waals surface area contributed by atoms with Gasteiger partial charge < -0.3 is 5.32 Å². The molecule has 2 aromatic rings. The summed E-state index contributed by atoms with van der Waals surface area (Å²) in [6, 6.07) is 8.29.